The molecule has 0 saturated carbocycles. The fourth-order valence-electron chi connectivity index (χ4n) is 1.87. The van der Waals surface area contributed by atoms with Gasteiger partial charge in [0.25, 0.3) is 0 Å². The summed E-state index contributed by atoms with van der Waals surface area (Å²) in [5, 5.41) is 9.53. The molecule has 0 atom stereocenters. The van der Waals surface area contributed by atoms with Crippen molar-refractivity contribution < 1.29 is 5.11 Å². The van der Waals surface area contributed by atoms with Gasteiger partial charge in [-0.2, -0.15) is 0 Å². The van der Waals surface area contributed by atoms with Gasteiger partial charge in [0.1, 0.15) is 0 Å². The number of rotatable bonds is 8. The highest BCUT2D eigenvalue weighted by Gasteiger charge is 2.03. The SMILES string of the molecule is CCN(CCCCCO)Cc1cccc(Cl)c1. The Morgan fingerprint density at radius 2 is 2.06 bits per heavy atom. The number of unbranched alkanes of at least 4 members (excludes halogenated alkanes) is 2. The molecule has 0 radical (unpaired) electrons. The van der Waals surface area contributed by atoms with E-state index in [1.165, 1.54) is 5.56 Å². The highest BCUT2D eigenvalue weighted by molar-refractivity contribution is 6.30. The predicted octanol–water partition coefficient (Wildman–Crippen LogP) is 3.32. The first-order chi connectivity index (χ1) is 8.26. The minimum Gasteiger partial charge on any atom is -0.396 e. The van der Waals surface area contributed by atoms with Crippen LogP contribution in [0.5, 0.6) is 0 Å². The van der Waals surface area contributed by atoms with Crippen molar-refractivity contribution in [3.05, 3.63) is 34.9 Å². The number of aliphatic hydroxyl groups excluding tert-OH is 1. The molecule has 96 valence electrons. The maximum Gasteiger partial charge on any atom is 0.0431 e. The monoisotopic (exact) mass is 255 g/mol. The lowest BCUT2D eigenvalue weighted by Gasteiger charge is -2.20. The van der Waals surface area contributed by atoms with Crippen molar-refractivity contribution in [2.24, 2.45) is 0 Å². The van der Waals surface area contributed by atoms with Crippen LogP contribution < -0.4 is 0 Å². The van der Waals surface area contributed by atoms with Crippen LogP contribution in [0.2, 0.25) is 5.02 Å². The van der Waals surface area contributed by atoms with Gasteiger partial charge in [0.05, 0.1) is 0 Å². The smallest absolute Gasteiger partial charge is 0.0431 e. The van der Waals surface area contributed by atoms with Crippen molar-refractivity contribution in [1.29, 1.82) is 0 Å². The zero-order valence-corrected chi connectivity index (χ0v) is 11.3. The first kappa shape index (κ1) is 14.5. The Labute approximate surface area is 109 Å². The summed E-state index contributed by atoms with van der Waals surface area (Å²) in [5.74, 6) is 0. The fourth-order valence-corrected chi connectivity index (χ4v) is 2.08. The van der Waals surface area contributed by atoms with Gasteiger partial charge in [-0.25, -0.2) is 0 Å². The molecule has 1 aromatic rings. The summed E-state index contributed by atoms with van der Waals surface area (Å²) in [7, 11) is 0. The third kappa shape index (κ3) is 6.06. The minimum atomic E-state index is 0.306. The Kier molecular flexibility index (Phi) is 7.25. The maximum atomic E-state index is 8.73. The van der Waals surface area contributed by atoms with E-state index >= 15 is 0 Å². The van der Waals surface area contributed by atoms with E-state index in [4.69, 9.17) is 16.7 Å². The van der Waals surface area contributed by atoms with Crippen molar-refractivity contribution >= 4 is 11.6 Å². The minimum absolute atomic E-state index is 0.306. The van der Waals surface area contributed by atoms with Crippen molar-refractivity contribution in [3.8, 4) is 0 Å². The molecule has 0 saturated heterocycles. The van der Waals surface area contributed by atoms with Crippen molar-refractivity contribution in [2.75, 3.05) is 19.7 Å². The summed E-state index contributed by atoms with van der Waals surface area (Å²) in [4.78, 5) is 2.41. The first-order valence-electron chi connectivity index (χ1n) is 6.34. The summed E-state index contributed by atoms with van der Waals surface area (Å²) in [5.41, 5.74) is 1.27. The molecule has 0 spiro atoms. The standard InChI is InChI=1S/C14H22ClNO/c1-2-16(9-4-3-5-10-17)12-13-7-6-8-14(15)11-13/h6-8,11,17H,2-5,9-10,12H2,1H3. The Balaban J connectivity index is 2.35. The maximum absolute atomic E-state index is 8.73. The molecule has 0 unspecified atom stereocenters. The average Bonchev–Trinajstić information content (AvgIpc) is 2.33. The lowest BCUT2D eigenvalue weighted by atomic mass is 10.2. The molecule has 0 amide bonds. The van der Waals surface area contributed by atoms with Gasteiger partial charge in [-0.3, -0.25) is 4.90 Å². The van der Waals surface area contributed by atoms with Gasteiger partial charge in [0.15, 0.2) is 0 Å². The van der Waals surface area contributed by atoms with E-state index in [0.29, 0.717) is 6.61 Å². The van der Waals surface area contributed by atoms with Gasteiger partial charge in [0.2, 0.25) is 0 Å². The van der Waals surface area contributed by atoms with E-state index in [-0.39, 0.29) is 0 Å². The number of benzene rings is 1. The predicted molar refractivity (Wildman–Crippen MR) is 73.3 cm³/mol. The molecule has 0 aliphatic rings. The Morgan fingerprint density at radius 1 is 1.24 bits per heavy atom. The number of hydrogen-bond acceptors (Lipinski definition) is 2. The van der Waals surface area contributed by atoms with Gasteiger partial charge in [-0.15, -0.1) is 0 Å². The van der Waals surface area contributed by atoms with E-state index in [2.05, 4.69) is 17.9 Å². The lowest BCUT2D eigenvalue weighted by Crippen LogP contribution is -2.24. The summed E-state index contributed by atoms with van der Waals surface area (Å²) >= 11 is 5.97. The van der Waals surface area contributed by atoms with Crippen LogP contribution in [0.3, 0.4) is 0 Å². The van der Waals surface area contributed by atoms with Crippen LogP contribution in [0.15, 0.2) is 24.3 Å². The molecule has 0 aromatic heterocycles. The number of nitrogens with zero attached hydrogens (tertiary/aromatic N) is 1. The Morgan fingerprint density at radius 3 is 2.71 bits per heavy atom. The lowest BCUT2D eigenvalue weighted by molar-refractivity contribution is 0.255. The molecular formula is C14H22ClNO. The molecule has 0 aliphatic heterocycles. The van der Waals surface area contributed by atoms with E-state index in [1.54, 1.807) is 0 Å². The van der Waals surface area contributed by atoms with Crippen molar-refractivity contribution in [1.82, 2.24) is 4.90 Å². The van der Waals surface area contributed by atoms with Crippen LogP contribution in [-0.2, 0) is 6.54 Å². The van der Waals surface area contributed by atoms with Crippen LogP contribution >= 0.6 is 11.6 Å². The number of hydrogen-bond donors (Lipinski definition) is 1. The molecule has 17 heavy (non-hydrogen) atoms. The topological polar surface area (TPSA) is 23.5 Å². The summed E-state index contributed by atoms with van der Waals surface area (Å²) in [6.45, 7) is 5.57. The van der Waals surface area contributed by atoms with Gasteiger partial charge in [-0.1, -0.05) is 30.7 Å². The van der Waals surface area contributed by atoms with Gasteiger partial charge < -0.3 is 5.11 Å². The molecule has 0 bridgehead atoms. The highest BCUT2D eigenvalue weighted by Crippen LogP contribution is 2.13. The molecule has 1 N–H and O–H groups in total. The quantitative estimate of drug-likeness (QED) is 0.721. The Bertz CT molecular complexity index is 317. The van der Waals surface area contributed by atoms with Crippen LogP contribution in [0.4, 0.5) is 0 Å². The van der Waals surface area contributed by atoms with Crippen LogP contribution in [0, 0.1) is 0 Å². The van der Waals surface area contributed by atoms with E-state index < -0.39 is 0 Å². The molecule has 0 heterocycles. The third-order valence-corrected chi connectivity index (χ3v) is 3.11. The summed E-state index contributed by atoms with van der Waals surface area (Å²) in [6.07, 6.45) is 3.16. The Hall–Kier alpha value is -0.570. The van der Waals surface area contributed by atoms with Crippen LogP contribution in [0.25, 0.3) is 0 Å². The van der Waals surface area contributed by atoms with Crippen LogP contribution in [-0.4, -0.2) is 29.7 Å². The van der Waals surface area contributed by atoms with E-state index in [1.807, 2.05) is 18.2 Å². The normalized spacial score (nSPS) is 11.1. The molecule has 0 aliphatic carbocycles. The molecule has 1 aromatic carbocycles. The second-order valence-electron chi connectivity index (χ2n) is 4.28. The van der Waals surface area contributed by atoms with Gasteiger partial charge in [0, 0.05) is 18.2 Å². The number of halogens is 1. The first-order valence-corrected chi connectivity index (χ1v) is 6.71. The van der Waals surface area contributed by atoms with Crippen molar-refractivity contribution in [2.45, 2.75) is 32.7 Å². The van der Waals surface area contributed by atoms with Crippen LogP contribution in [0.1, 0.15) is 31.7 Å². The molecular weight excluding hydrogens is 234 g/mol. The second kappa shape index (κ2) is 8.51. The highest BCUT2D eigenvalue weighted by atomic mass is 35.5. The molecule has 3 heteroatoms. The third-order valence-electron chi connectivity index (χ3n) is 2.87. The van der Waals surface area contributed by atoms with Crippen molar-refractivity contribution in [3.63, 3.8) is 0 Å². The molecule has 1 rings (SSSR count). The molecule has 0 fully saturated rings. The van der Waals surface area contributed by atoms with Gasteiger partial charge >= 0.3 is 0 Å². The second-order valence-corrected chi connectivity index (χ2v) is 4.72. The zero-order valence-electron chi connectivity index (χ0n) is 10.5. The van der Waals surface area contributed by atoms with Gasteiger partial charge in [-0.05, 0) is 50.0 Å². The molecule has 2 nitrogen and oxygen atoms in total. The fraction of sp³-hybridized carbons (Fsp3) is 0.571. The number of aliphatic hydroxyl groups is 1. The summed E-state index contributed by atoms with van der Waals surface area (Å²) in [6, 6.07) is 8.04. The summed E-state index contributed by atoms with van der Waals surface area (Å²) < 4.78 is 0. The van der Waals surface area contributed by atoms with E-state index in [0.717, 1.165) is 43.9 Å². The zero-order chi connectivity index (χ0) is 12.5. The largest absolute Gasteiger partial charge is 0.396 e. The average molecular weight is 256 g/mol. The van der Waals surface area contributed by atoms with E-state index in [9.17, 15) is 0 Å².